The van der Waals surface area contributed by atoms with Gasteiger partial charge in [0.2, 0.25) is 0 Å². The summed E-state index contributed by atoms with van der Waals surface area (Å²) in [6, 6.07) is 6.05. The topological polar surface area (TPSA) is 67.8 Å². The van der Waals surface area contributed by atoms with Gasteiger partial charge in [0.1, 0.15) is 0 Å². The zero-order chi connectivity index (χ0) is 20.7. The minimum atomic E-state index is -0.110. The summed E-state index contributed by atoms with van der Waals surface area (Å²) in [7, 11) is 5.09. The Morgan fingerprint density at radius 3 is 2.43 bits per heavy atom. The molecule has 154 valence electrons. The smallest absolute Gasteiger partial charge is 0.191 e. The van der Waals surface area contributed by atoms with Crippen molar-refractivity contribution in [1.82, 2.24) is 15.6 Å². The molecule has 28 heavy (non-hydrogen) atoms. The van der Waals surface area contributed by atoms with E-state index in [0.29, 0.717) is 0 Å². The van der Waals surface area contributed by atoms with Crippen molar-refractivity contribution in [2.75, 3.05) is 34.4 Å². The average Bonchev–Trinajstić information content (AvgIpc) is 3.01. The molecule has 7 heteroatoms. The lowest BCUT2D eigenvalue weighted by atomic mass is 9.84. The van der Waals surface area contributed by atoms with E-state index in [2.05, 4.69) is 54.4 Å². The fourth-order valence-electron chi connectivity index (χ4n) is 2.82. The highest BCUT2D eigenvalue weighted by molar-refractivity contribution is 7.11. The molecule has 1 aromatic heterocycles. The Hall–Kier alpha value is -2.28. The zero-order valence-electron chi connectivity index (χ0n) is 18.0. The quantitative estimate of drug-likeness (QED) is 0.521. The van der Waals surface area contributed by atoms with Gasteiger partial charge in [-0.05, 0) is 31.5 Å². The standard InChI is InChI=1S/C21H32N4O2S/c1-14-15(2)28-19(25-14)10-11-23-20(22-5)24-13-21(3,4)16-8-9-17(26-6)18(12-16)27-7/h8-9,12H,10-11,13H2,1-7H3,(H2,22,23,24). The third-order valence-electron chi connectivity index (χ3n) is 4.79. The molecule has 0 saturated carbocycles. The average molecular weight is 405 g/mol. The van der Waals surface area contributed by atoms with E-state index in [0.717, 1.165) is 47.7 Å². The second-order valence-electron chi connectivity index (χ2n) is 7.31. The molecule has 2 N–H and O–H groups in total. The van der Waals surface area contributed by atoms with Crippen LogP contribution in [-0.4, -0.2) is 45.3 Å². The number of aromatic nitrogens is 1. The van der Waals surface area contributed by atoms with Crippen molar-refractivity contribution in [2.45, 2.75) is 39.5 Å². The van der Waals surface area contributed by atoms with Crippen molar-refractivity contribution >= 4 is 17.3 Å². The Labute approximate surface area is 172 Å². The molecule has 0 unspecified atom stereocenters. The van der Waals surface area contributed by atoms with Crippen molar-refractivity contribution in [3.05, 3.63) is 39.3 Å². The maximum Gasteiger partial charge on any atom is 0.191 e. The number of thiazole rings is 1. The molecular formula is C21H32N4O2S. The summed E-state index contributed by atoms with van der Waals surface area (Å²) in [4.78, 5) is 10.2. The molecule has 0 amide bonds. The minimum absolute atomic E-state index is 0.110. The van der Waals surface area contributed by atoms with Gasteiger partial charge in [-0.15, -0.1) is 11.3 Å². The van der Waals surface area contributed by atoms with E-state index < -0.39 is 0 Å². The number of guanidine groups is 1. The van der Waals surface area contributed by atoms with E-state index in [9.17, 15) is 0 Å². The van der Waals surface area contributed by atoms with Crippen LogP contribution >= 0.6 is 11.3 Å². The highest BCUT2D eigenvalue weighted by Gasteiger charge is 2.22. The van der Waals surface area contributed by atoms with Crippen LogP contribution in [0.4, 0.5) is 0 Å². The van der Waals surface area contributed by atoms with E-state index in [1.807, 2.05) is 12.1 Å². The Bertz CT molecular complexity index is 795. The van der Waals surface area contributed by atoms with E-state index in [1.165, 1.54) is 10.4 Å². The molecule has 0 bridgehead atoms. The Balaban J connectivity index is 1.92. The van der Waals surface area contributed by atoms with Crippen LogP contribution in [0.5, 0.6) is 11.5 Å². The summed E-state index contributed by atoms with van der Waals surface area (Å²) in [5, 5.41) is 7.96. The van der Waals surface area contributed by atoms with Gasteiger partial charge in [-0.1, -0.05) is 19.9 Å². The van der Waals surface area contributed by atoms with Crippen LogP contribution < -0.4 is 20.1 Å². The number of aryl methyl sites for hydroxylation is 2. The predicted molar refractivity (Wildman–Crippen MR) is 117 cm³/mol. The van der Waals surface area contributed by atoms with Gasteiger partial charge in [-0.2, -0.15) is 0 Å². The summed E-state index contributed by atoms with van der Waals surface area (Å²) in [6.45, 7) is 10.1. The second-order valence-corrected chi connectivity index (χ2v) is 8.59. The van der Waals surface area contributed by atoms with Gasteiger partial charge in [0.25, 0.3) is 0 Å². The van der Waals surface area contributed by atoms with Gasteiger partial charge in [-0.25, -0.2) is 4.98 Å². The van der Waals surface area contributed by atoms with Crippen LogP contribution in [0.25, 0.3) is 0 Å². The summed E-state index contributed by atoms with van der Waals surface area (Å²) < 4.78 is 10.8. The number of rotatable bonds is 8. The second kappa shape index (κ2) is 9.78. The molecule has 0 aliphatic carbocycles. The van der Waals surface area contributed by atoms with Gasteiger partial charge in [0.05, 0.1) is 24.9 Å². The molecular weight excluding hydrogens is 372 g/mol. The molecule has 0 atom stereocenters. The molecule has 0 aliphatic heterocycles. The third-order valence-corrected chi connectivity index (χ3v) is 5.92. The first-order valence-electron chi connectivity index (χ1n) is 9.40. The van der Waals surface area contributed by atoms with Crippen molar-refractivity contribution in [3.63, 3.8) is 0 Å². The van der Waals surface area contributed by atoms with Crippen LogP contribution in [0.15, 0.2) is 23.2 Å². The van der Waals surface area contributed by atoms with Crippen LogP contribution in [0.2, 0.25) is 0 Å². The van der Waals surface area contributed by atoms with Gasteiger partial charge < -0.3 is 20.1 Å². The van der Waals surface area contributed by atoms with Crippen LogP contribution in [0, 0.1) is 13.8 Å². The van der Waals surface area contributed by atoms with Crippen LogP contribution in [0.1, 0.15) is 35.0 Å². The normalized spacial score (nSPS) is 12.0. The molecule has 0 radical (unpaired) electrons. The summed E-state index contributed by atoms with van der Waals surface area (Å²) in [5.74, 6) is 2.27. The number of benzene rings is 1. The van der Waals surface area contributed by atoms with Crippen LogP contribution in [0.3, 0.4) is 0 Å². The van der Waals surface area contributed by atoms with E-state index in [-0.39, 0.29) is 5.41 Å². The van der Waals surface area contributed by atoms with Gasteiger partial charge in [-0.3, -0.25) is 4.99 Å². The molecule has 0 saturated heterocycles. The van der Waals surface area contributed by atoms with E-state index in [1.54, 1.807) is 32.6 Å². The minimum Gasteiger partial charge on any atom is -0.493 e. The first kappa shape index (κ1) is 22.0. The SMILES string of the molecule is CN=C(NCCc1nc(C)c(C)s1)NCC(C)(C)c1ccc(OC)c(OC)c1. The van der Waals surface area contributed by atoms with Crippen molar-refractivity contribution < 1.29 is 9.47 Å². The number of methoxy groups -OCH3 is 2. The fourth-order valence-corrected chi connectivity index (χ4v) is 3.75. The number of hydrogen-bond donors (Lipinski definition) is 2. The molecule has 2 aromatic rings. The molecule has 1 heterocycles. The lowest BCUT2D eigenvalue weighted by Gasteiger charge is -2.27. The molecule has 0 spiro atoms. The molecule has 2 rings (SSSR count). The van der Waals surface area contributed by atoms with Crippen molar-refractivity contribution in [1.29, 1.82) is 0 Å². The first-order valence-corrected chi connectivity index (χ1v) is 10.2. The highest BCUT2D eigenvalue weighted by atomic mass is 32.1. The summed E-state index contributed by atoms with van der Waals surface area (Å²) in [6.07, 6.45) is 0.888. The maximum atomic E-state index is 5.44. The molecule has 1 aromatic carbocycles. The zero-order valence-corrected chi connectivity index (χ0v) is 18.8. The summed E-state index contributed by atoms with van der Waals surface area (Å²) >= 11 is 1.76. The monoisotopic (exact) mass is 404 g/mol. The maximum absolute atomic E-state index is 5.44. The highest BCUT2D eigenvalue weighted by Crippen LogP contribution is 2.32. The van der Waals surface area contributed by atoms with E-state index >= 15 is 0 Å². The molecule has 0 fully saturated rings. The number of nitrogens with one attached hydrogen (secondary N) is 2. The Morgan fingerprint density at radius 2 is 1.86 bits per heavy atom. The number of hydrogen-bond acceptors (Lipinski definition) is 5. The molecule has 6 nitrogen and oxygen atoms in total. The van der Waals surface area contributed by atoms with Crippen molar-refractivity contribution in [3.8, 4) is 11.5 Å². The van der Waals surface area contributed by atoms with Crippen molar-refractivity contribution in [2.24, 2.45) is 4.99 Å². The van der Waals surface area contributed by atoms with Gasteiger partial charge >= 0.3 is 0 Å². The van der Waals surface area contributed by atoms with Crippen LogP contribution in [-0.2, 0) is 11.8 Å². The lowest BCUT2D eigenvalue weighted by Crippen LogP contribution is -2.44. The first-order chi connectivity index (χ1) is 13.3. The lowest BCUT2D eigenvalue weighted by molar-refractivity contribution is 0.353. The fraction of sp³-hybridized carbons (Fsp3) is 0.524. The van der Waals surface area contributed by atoms with Gasteiger partial charge in [0, 0.05) is 36.9 Å². The predicted octanol–water partition coefficient (Wildman–Crippen LogP) is 3.46. The number of ether oxygens (including phenoxy) is 2. The number of aliphatic imine (C=N–C) groups is 1. The summed E-state index contributed by atoms with van der Waals surface area (Å²) in [5.41, 5.74) is 2.18. The largest absolute Gasteiger partial charge is 0.493 e. The Morgan fingerprint density at radius 1 is 1.14 bits per heavy atom. The van der Waals surface area contributed by atoms with E-state index in [4.69, 9.17) is 9.47 Å². The third kappa shape index (κ3) is 5.61. The van der Waals surface area contributed by atoms with Gasteiger partial charge in [0.15, 0.2) is 17.5 Å². The molecule has 0 aliphatic rings. The number of nitrogens with zero attached hydrogens (tertiary/aromatic N) is 2. The Kier molecular flexibility index (Phi) is 7.69.